The van der Waals surface area contributed by atoms with E-state index >= 15 is 0 Å². The summed E-state index contributed by atoms with van der Waals surface area (Å²) in [6.07, 6.45) is 1.98. The quantitative estimate of drug-likeness (QED) is 0.610. The minimum absolute atomic E-state index is 0.0865. The van der Waals surface area contributed by atoms with Crippen LogP contribution in [0.15, 0.2) is 42.5 Å². The SMILES string of the molecule is CCCCOc1ccc(OC)cc1NC(=O)COCc1ccccc1Cl. The Morgan fingerprint density at radius 2 is 2.00 bits per heavy atom. The number of ether oxygens (including phenoxy) is 3. The average Bonchev–Trinajstić information content (AvgIpc) is 2.64. The highest BCUT2D eigenvalue weighted by Gasteiger charge is 2.10. The van der Waals surface area contributed by atoms with Crippen molar-refractivity contribution in [1.29, 1.82) is 0 Å². The van der Waals surface area contributed by atoms with E-state index < -0.39 is 0 Å². The summed E-state index contributed by atoms with van der Waals surface area (Å²) in [5, 5.41) is 3.43. The van der Waals surface area contributed by atoms with Gasteiger partial charge in [-0.1, -0.05) is 43.1 Å². The molecule has 0 bridgehead atoms. The highest BCUT2D eigenvalue weighted by Crippen LogP contribution is 2.29. The van der Waals surface area contributed by atoms with Gasteiger partial charge in [0.1, 0.15) is 18.1 Å². The van der Waals surface area contributed by atoms with Crippen LogP contribution in [-0.2, 0) is 16.1 Å². The third kappa shape index (κ3) is 6.24. The third-order valence-electron chi connectivity index (χ3n) is 3.66. The summed E-state index contributed by atoms with van der Waals surface area (Å²) >= 11 is 6.07. The number of unbranched alkanes of at least 4 members (excludes halogenated alkanes) is 1. The number of methoxy groups -OCH3 is 1. The molecule has 0 fully saturated rings. The maximum absolute atomic E-state index is 12.2. The molecule has 1 N–H and O–H groups in total. The molecule has 5 nitrogen and oxygen atoms in total. The van der Waals surface area contributed by atoms with E-state index in [4.69, 9.17) is 25.8 Å². The highest BCUT2D eigenvalue weighted by molar-refractivity contribution is 6.31. The van der Waals surface area contributed by atoms with E-state index in [1.807, 2.05) is 18.2 Å². The fraction of sp³-hybridized carbons (Fsp3) is 0.350. The lowest BCUT2D eigenvalue weighted by Crippen LogP contribution is -2.19. The van der Waals surface area contributed by atoms with E-state index in [-0.39, 0.29) is 19.1 Å². The minimum Gasteiger partial charge on any atom is -0.497 e. The van der Waals surface area contributed by atoms with Crippen LogP contribution in [0.2, 0.25) is 5.02 Å². The monoisotopic (exact) mass is 377 g/mol. The normalized spacial score (nSPS) is 10.4. The fourth-order valence-electron chi connectivity index (χ4n) is 2.24. The molecule has 2 aromatic carbocycles. The molecule has 0 spiro atoms. The van der Waals surface area contributed by atoms with Crippen molar-refractivity contribution in [2.24, 2.45) is 0 Å². The molecular formula is C20H24ClNO4. The molecule has 0 atom stereocenters. The molecule has 2 rings (SSSR count). The fourth-order valence-corrected chi connectivity index (χ4v) is 2.43. The van der Waals surface area contributed by atoms with Gasteiger partial charge in [-0.05, 0) is 30.2 Å². The minimum atomic E-state index is -0.273. The number of halogens is 1. The number of hydrogen-bond donors (Lipinski definition) is 1. The molecule has 0 aliphatic rings. The Morgan fingerprint density at radius 3 is 2.73 bits per heavy atom. The Labute approximate surface area is 159 Å². The maximum atomic E-state index is 12.2. The molecule has 0 radical (unpaired) electrons. The molecule has 0 aromatic heterocycles. The average molecular weight is 378 g/mol. The van der Waals surface area contributed by atoms with Gasteiger partial charge in [0.05, 0.1) is 26.0 Å². The Balaban J connectivity index is 1.92. The van der Waals surface area contributed by atoms with Gasteiger partial charge in [-0.15, -0.1) is 0 Å². The number of carbonyl (C=O) groups excluding carboxylic acids is 1. The van der Waals surface area contributed by atoms with Crippen molar-refractivity contribution in [2.45, 2.75) is 26.4 Å². The van der Waals surface area contributed by atoms with E-state index in [1.165, 1.54) is 0 Å². The first kappa shape index (κ1) is 20.1. The van der Waals surface area contributed by atoms with Gasteiger partial charge in [-0.25, -0.2) is 0 Å². The zero-order chi connectivity index (χ0) is 18.8. The molecule has 0 unspecified atom stereocenters. The van der Waals surface area contributed by atoms with Crippen LogP contribution >= 0.6 is 11.6 Å². The predicted molar refractivity (Wildman–Crippen MR) is 103 cm³/mol. The van der Waals surface area contributed by atoms with Crippen LogP contribution in [0.4, 0.5) is 5.69 Å². The van der Waals surface area contributed by atoms with Crippen LogP contribution in [0, 0.1) is 0 Å². The van der Waals surface area contributed by atoms with Crippen molar-refractivity contribution in [3.8, 4) is 11.5 Å². The van der Waals surface area contributed by atoms with Crippen molar-refractivity contribution in [2.75, 3.05) is 25.6 Å². The maximum Gasteiger partial charge on any atom is 0.250 e. The first-order valence-corrected chi connectivity index (χ1v) is 8.93. The summed E-state index contributed by atoms with van der Waals surface area (Å²) in [6.45, 7) is 2.87. The molecule has 140 valence electrons. The summed E-state index contributed by atoms with van der Waals surface area (Å²) in [5.41, 5.74) is 1.40. The van der Waals surface area contributed by atoms with E-state index in [0.29, 0.717) is 28.8 Å². The molecule has 6 heteroatoms. The number of amides is 1. The van der Waals surface area contributed by atoms with Crippen molar-refractivity contribution in [3.05, 3.63) is 53.1 Å². The summed E-state index contributed by atoms with van der Waals surface area (Å²) in [6, 6.07) is 12.7. The van der Waals surface area contributed by atoms with E-state index in [9.17, 15) is 4.79 Å². The standard InChI is InChI=1S/C20H24ClNO4/c1-3-4-11-26-19-10-9-16(24-2)12-18(19)22-20(23)14-25-13-15-7-5-6-8-17(15)21/h5-10,12H,3-4,11,13-14H2,1-2H3,(H,22,23). The van der Waals surface area contributed by atoms with Gasteiger partial charge in [0.15, 0.2) is 0 Å². The molecule has 0 aliphatic heterocycles. The van der Waals surface area contributed by atoms with Gasteiger partial charge in [0.2, 0.25) is 5.91 Å². The molecule has 0 saturated carbocycles. The molecule has 0 aliphatic carbocycles. The molecule has 0 saturated heterocycles. The van der Waals surface area contributed by atoms with Gasteiger partial charge in [0.25, 0.3) is 0 Å². The highest BCUT2D eigenvalue weighted by atomic mass is 35.5. The number of hydrogen-bond acceptors (Lipinski definition) is 4. The Hall–Kier alpha value is -2.24. The van der Waals surface area contributed by atoms with Gasteiger partial charge >= 0.3 is 0 Å². The zero-order valence-electron chi connectivity index (χ0n) is 15.1. The largest absolute Gasteiger partial charge is 0.497 e. The van der Waals surface area contributed by atoms with Crippen LogP contribution < -0.4 is 14.8 Å². The van der Waals surface area contributed by atoms with Crippen LogP contribution in [0.1, 0.15) is 25.3 Å². The van der Waals surface area contributed by atoms with Crippen molar-refractivity contribution in [1.82, 2.24) is 0 Å². The number of carbonyl (C=O) groups is 1. The van der Waals surface area contributed by atoms with Crippen molar-refractivity contribution < 1.29 is 19.0 Å². The Kier molecular flexibility index (Phi) is 8.25. The molecule has 26 heavy (non-hydrogen) atoms. The topological polar surface area (TPSA) is 56.8 Å². The lowest BCUT2D eigenvalue weighted by Gasteiger charge is -2.14. The number of nitrogens with one attached hydrogen (secondary N) is 1. The van der Waals surface area contributed by atoms with E-state index in [0.717, 1.165) is 18.4 Å². The molecule has 1 amide bonds. The van der Waals surface area contributed by atoms with Crippen LogP contribution in [0.5, 0.6) is 11.5 Å². The molecular weight excluding hydrogens is 354 g/mol. The molecule has 0 heterocycles. The van der Waals surface area contributed by atoms with Gasteiger partial charge in [-0.3, -0.25) is 4.79 Å². The number of benzene rings is 2. The summed E-state index contributed by atoms with van der Waals surface area (Å²) in [5.74, 6) is 0.976. The van der Waals surface area contributed by atoms with Crippen LogP contribution in [-0.4, -0.2) is 26.2 Å². The van der Waals surface area contributed by atoms with Gasteiger partial charge in [-0.2, -0.15) is 0 Å². The lowest BCUT2D eigenvalue weighted by molar-refractivity contribution is -0.121. The van der Waals surface area contributed by atoms with Crippen molar-refractivity contribution in [3.63, 3.8) is 0 Å². The second-order valence-corrected chi connectivity index (χ2v) is 6.10. The molecule has 2 aromatic rings. The first-order chi connectivity index (χ1) is 12.6. The van der Waals surface area contributed by atoms with Crippen LogP contribution in [0.25, 0.3) is 0 Å². The Bertz CT molecular complexity index is 721. The summed E-state index contributed by atoms with van der Waals surface area (Å²) in [7, 11) is 1.57. The smallest absolute Gasteiger partial charge is 0.250 e. The lowest BCUT2D eigenvalue weighted by atomic mass is 10.2. The number of anilines is 1. The van der Waals surface area contributed by atoms with E-state index in [1.54, 1.807) is 31.4 Å². The van der Waals surface area contributed by atoms with Gasteiger partial charge < -0.3 is 19.5 Å². The second kappa shape index (κ2) is 10.7. The Morgan fingerprint density at radius 1 is 1.19 bits per heavy atom. The number of rotatable bonds is 10. The van der Waals surface area contributed by atoms with E-state index in [2.05, 4.69) is 12.2 Å². The second-order valence-electron chi connectivity index (χ2n) is 5.70. The summed E-state index contributed by atoms with van der Waals surface area (Å²) < 4.78 is 16.4. The predicted octanol–water partition coefficient (Wildman–Crippen LogP) is 4.68. The zero-order valence-corrected chi connectivity index (χ0v) is 15.8. The van der Waals surface area contributed by atoms with Crippen LogP contribution in [0.3, 0.4) is 0 Å². The summed E-state index contributed by atoms with van der Waals surface area (Å²) in [4.78, 5) is 12.2. The van der Waals surface area contributed by atoms with Crippen molar-refractivity contribution >= 4 is 23.2 Å². The third-order valence-corrected chi connectivity index (χ3v) is 4.03. The van der Waals surface area contributed by atoms with Gasteiger partial charge in [0, 0.05) is 11.1 Å². The first-order valence-electron chi connectivity index (χ1n) is 8.56.